The van der Waals surface area contributed by atoms with Gasteiger partial charge < -0.3 is 15.1 Å². The standard InChI is InChI=1S/C21H23N3O2S/c25-21(20-14-19(23-26-20)17-4-2-1-3-5-17)22-15-16-6-8-18(9-7-16)24-10-12-27-13-11-24/h1-9,20H,10-15H2,(H,22,25). The topological polar surface area (TPSA) is 53.9 Å². The summed E-state index contributed by atoms with van der Waals surface area (Å²) in [5, 5.41) is 7.03. The maximum absolute atomic E-state index is 12.4. The fourth-order valence-corrected chi connectivity index (χ4v) is 4.17. The van der Waals surface area contributed by atoms with Crippen molar-refractivity contribution in [1.82, 2.24) is 5.32 Å². The molecule has 0 bridgehead atoms. The Morgan fingerprint density at radius 3 is 2.59 bits per heavy atom. The van der Waals surface area contributed by atoms with Crippen molar-refractivity contribution in [2.75, 3.05) is 29.5 Å². The average Bonchev–Trinajstić information content (AvgIpc) is 3.24. The van der Waals surface area contributed by atoms with Gasteiger partial charge in [-0.2, -0.15) is 11.8 Å². The van der Waals surface area contributed by atoms with E-state index in [2.05, 4.69) is 39.6 Å². The lowest BCUT2D eigenvalue weighted by Gasteiger charge is -2.28. The van der Waals surface area contributed by atoms with Crippen LogP contribution in [0.2, 0.25) is 0 Å². The Kier molecular flexibility index (Phi) is 5.63. The Morgan fingerprint density at radius 2 is 1.85 bits per heavy atom. The number of thioether (sulfide) groups is 1. The van der Waals surface area contributed by atoms with Gasteiger partial charge in [0.1, 0.15) is 0 Å². The SMILES string of the molecule is O=C(NCc1ccc(N2CCSCC2)cc1)C1CC(c2ccccc2)=NO1. The van der Waals surface area contributed by atoms with Crippen LogP contribution in [0.1, 0.15) is 17.5 Å². The summed E-state index contributed by atoms with van der Waals surface area (Å²) < 4.78 is 0. The molecule has 2 aliphatic heterocycles. The van der Waals surface area contributed by atoms with E-state index in [1.54, 1.807) is 0 Å². The second-order valence-corrected chi connectivity index (χ2v) is 7.91. The van der Waals surface area contributed by atoms with Crippen LogP contribution >= 0.6 is 11.8 Å². The maximum Gasteiger partial charge on any atom is 0.264 e. The van der Waals surface area contributed by atoms with Crippen LogP contribution in [0.3, 0.4) is 0 Å². The molecule has 2 heterocycles. The summed E-state index contributed by atoms with van der Waals surface area (Å²) in [6.07, 6.45) is -0.0489. The van der Waals surface area contributed by atoms with Gasteiger partial charge in [0.2, 0.25) is 6.10 Å². The second-order valence-electron chi connectivity index (χ2n) is 6.69. The molecule has 0 radical (unpaired) electrons. The predicted molar refractivity (Wildman–Crippen MR) is 110 cm³/mol. The molecule has 27 heavy (non-hydrogen) atoms. The number of rotatable bonds is 5. The first kappa shape index (κ1) is 17.9. The van der Waals surface area contributed by atoms with Gasteiger partial charge in [0, 0.05) is 43.2 Å². The quantitative estimate of drug-likeness (QED) is 0.865. The predicted octanol–water partition coefficient (Wildman–Crippen LogP) is 3.05. The van der Waals surface area contributed by atoms with E-state index in [1.807, 2.05) is 42.1 Å². The summed E-state index contributed by atoms with van der Waals surface area (Å²) in [6, 6.07) is 18.3. The summed E-state index contributed by atoms with van der Waals surface area (Å²) in [5.74, 6) is 2.25. The molecule has 0 aliphatic carbocycles. The fraction of sp³-hybridized carbons (Fsp3) is 0.333. The molecule has 6 heteroatoms. The van der Waals surface area contributed by atoms with Crippen molar-refractivity contribution >= 4 is 29.1 Å². The van der Waals surface area contributed by atoms with Crippen molar-refractivity contribution in [3.8, 4) is 0 Å². The highest BCUT2D eigenvalue weighted by Crippen LogP contribution is 2.20. The van der Waals surface area contributed by atoms with Crippen LogP contribution in [0, 0.1) is 0 Å². The highest BCUT2D eigenvalue weighted by molar-refractivity contribution is 7.99. The smallest absolute Gasteiger partial charge is 0.264 e. The number of anilines is 1. The van der Waals surface area contributed by atoms with Crippen molar-refractivity contribution in [3.05, 3.63) is 65.7 Å². The van der Waals surface area contributed by atoms with Crippen LogP contribution in [0.4, 0.5) is 5.69 Å². The molecule has 1 unspecified atom stereocenters. The lowest BCUT2D eigenvalue weighted by atomic mass is 10.0. The third-order valence-electron chi connectivity index (χ3n) is 4.85. The Morgan fingerprint density at radius 1 is 1.11 bits per heavy atom. The van der Waals surface area contributed by atoms with E-state index in [-0.39, 0.29) is 5.91 Å². The largest absolute Gasteiger partial charge is 0.382 e. The number of nitrogens with zero attached hydrogens (tertiary/aromatic N) is 2. The molecule has 2 aromatic rings. The van der Waals surface area contributed by atoms with Gasteiger partial charge in [-0.1, -0.05) is 47.6 Å². The van der Waals surface area contributed by atoms with E-state index in [9.17, 15) is 4.79 Å². The molecule has 2 aliphatic rings. The average molecular weight is 382 g/mol. The van der Waals surface area contributed by atoms with Crippen LogP contribution < -0.4 is 10.2 Å². The van der Waals surface area contributed by atoms with Gasteiger partial charge in [0.15, 0.2) is 0 Å². The molecule has 5 nitrogen and oxygen atoms in total. The minimum Gasteiger partial charge on any atom is -0.382 e. The lowest BCUT2D eigenvalue weighted by Crippen LogP contribution is -2.34. The molecular formula is C21H23N3O2S. The van der Waals surface area contributed by atoms with Gasteiger partial charge in [-0.3, -0.25) is 4.79 Å². The number of hydrogen-bond donors (Lipinski definition) is 1. The number of carbonyl (C=O) groups excluding carboxylic acids is 1. The Labute approximate surface area is 163 Å². The Hall–Kier alpha value is -2.47. The number of carbonyl (C=O) groups is 1. The molecule has 140 valence electrons. The molecule has 1 amide bonds. The minimum absolute atomic E-state index is 0.123. The monoisotopic (exact) mass is 381 g/mol. The maximum atomic E-state index is 12.4. The van der Waals surface area contributed by atoms with Gasteiger partial charge in [-0.25, -0.2) is 0 Å². The van der Waals surface area contributed by atoms with Crippen molar-refractivity contribution < 1.29 is 9.63 Å². The third kappa shape index (κ3) is 4.45. The summed E-state index contributed by atoms with van der Waals surface area (Å²) in [6.45, 7) is 2.70. The third-order valence-corrected chi connectivity index (χ3v) is 5.79. The van der Waals surface area contributed by atoms with Crippen molar-refractivity contribution in [1.29, 1.82) is 0 Å². The van der Waals surface area contributed by atoms with E-state index >= 15 is 0 Å². The van der Waals surface area contributed by atoms with E-state index in [0.717, 1.165) is 29.9 Å². The zero-order chi connectivity index (χ0) is 18.5. The van der Waals surface area contributed by atoms with Crippen molar-refractivity contribution in [2.45, 2.75) is 19.1 Å². The summed E-state index contributed by atoms with van der Waals surface area (Å²) in [5.41, 5.74) is 4.16. The van der Waals surface area contributed by atoms with E-state index < -0.39 is 6.10 Å². The normalized spacial score (nSPS) is 19.3. The van der Waals surface area contributed by atoms with E-state index in [1.165, 1.54) is 17.2 Å². The fourth-order valence-electron chi connectivity index (χ4n) is 3.27. The first-order valence-electron chi connectivity index (χ1n) is 9.27. The number of benzene rings is 2. The van der Waals surface area contributed by atoms with Gasteiger partial charge >= 0.3 is 0 Å². The molecule has 4 rings (SSSR count). The van der Waals surface area contributed by atoms with Crippen LogP contribution in [0.25, 0.3) is 0 Å². The Bertz CT molecular complexity index is 802. The second kappa shape index (κ2) is 8.48. The zero-order valence-electron chi connectivity index (χ0n) is 15.1. The zero-order valence-corrected chi connectivity index (χ0v) is 16.0. The molecule has 1 saturated heterocycles. The summed E-state index contributed by atoms with van der Waals surface area (Å²) in [7, 11) is 0. The number of hydrogen-bond acceptors (Lipinski definition) is 5. The van der Waals surface area contributed by atoms with Crippen molar-refractivity contribution in [3.63, 3.8) is 0 Å². The van der Waals surface area contributed by atoms with Crippen LogP contribution in [-0.2, 0) is 16.2 Å². The van der Waals surface area contributed by atoms with Crippen molar-refractivity contribution in [2.24, 2.45) is 5.16 Å². The van der Waals surface area contributed by atoms with Gasteiger partial charge in [0.25, 0.3) is 5.91 Å². The number of amides is 1. The molecule has 1 N–H and O–H groups in total. The molecular weight excluding hydrogens is 358 g/mol. The van der Waals surface area contributed by atoms with Crippen LogP contribution in [0.5, 0.6) is 0 Å². The lowest BCUT2D eigenvalue weighted by molar-refractivity contribution is -0.131. The first-order valence-corrected chi connectivity index (χ1v) is 10.4. The van der Waals surface area contributed by atoms with Crippen LogP contribution in [-0.4, -0.2) is 42.3 Å². The molecule has 0 saturated carbocycles. The highest BCUT2D eigenvalue weighted by Gasteiger charge is 2.28. The molecule has 2 aromatic carbocycles. The molecule has 1 atom stereocenters. The van der Waals surface area contributed by atoms with Crippen LogP contribution in [0.15, 0.2) is 59.8 Å². The first-order chi connectivity index (χ1) is 13.3. The van der Waals surface area contributed by atoms with E-state index in [4.69, 9.17) is 4.84 Å². The Balaban J connectivity index is 1.27. The minimum atomic E-state index is -0.551. The van der Waals surface area contributed by atoms with Gasteiger partial charge in [0.05, 0.1) is 5.71 Å². The van der Waals surface area contributed by atoms with E-state index in [0.29, 0.717) is 13.0 Å². The highest BCUT2D eigenvalue weighted by atomic mass is 32.2. The molecule has 1 fully saturated rings. The summed E-state index contributed by atoms with van der Waals surface area (Å²) >= 11 is 2.01. The van der Waals surface area contributed by atoms with Gasteiger partial charge in [-0.15, -0.1) is 0 Å². The summed E-state index contributed by atoms with van der Waals surface area (Å²) in [4.78, 5) is 20.1. The number of nitrogens with one attached hydrogen (secondary N) is 1. The van der Waals surface area contributed by atoms with Gasteiger partial charge in [-0.05, 0) is 23.3 Å². The number of oxime groups is 1. The molecule has 0 spiro atoms. The molecule has 0 aromatic heterocycles.